The van der Waals surface area contributed by atoms with Crippen molar-refractivity contribution in [1.82, 2.24) is 10.3 Å². The van der Waals surface area contributed by atoms with E-state index < -0.39 is 0 Å². The van der Waals surface area contributed by atoms with Gasteiger partial charge in [0.05, 0.1) is 5.01 Å². The van der Waals surface area contributed by atoms with E-state index in [0.717, 1.165) is 24.4 Å². The quantitative estimate of drug-likeness (QED) is 0.845. The van der Waals surface area contributed by atoms with Gasteiger partial charge < -0.3 is 5.32 Å². The summed E-state index contributed by atoms with van der Waals surface area (Å²) in [5, 5.41) is 7.18. The zero-order valence-electron chi connectivity index (χ0n) is 11.7. The monoisotopic (exact) mass is 266 g/mol. The minimum absolute atomic E-state index is 0.719. The summed E-state index contributed by atoms with van der Waals surface area (Å²) in [7, 11) is 0. The first-order chi connectivity index (χ1) is 8.83. The highest BCUT2D eigenvalue weighted by Gasteiger charge is 2.29. The minimum atomic E-state index is 0.719. The van der Waals surface area contributed by atoms with Crippen LogP contribution < -0.4 is 5.32 Å². The second kappa shape index (κ2) is 7.25. The summed E-state index contributed by atoms with van der Waals surface area (Å²) >= 11 is 1.81. The number of thiazole rings is 1. The maximum absolute atomic E-state index is 4.47. The molecule has 18 heavy (non-hydrogen) atoms. The van der Waals surface area contributed by atoms with E-state index in [1.807, 2.05) is 17.5 Å². The predicted octanol–water partition coefficient (Wildman–Crippen LogP) is 3.88. The molecule has 3 unspecified atom stereocenters. The average molecular weight is 266 g/mol. The van der Waals surface area contributed by atoms with Gasteiger partial charge in [0.1, 0.15) is 0 Å². The molecule has 1 aromatic rings. The van der Waals surface area contributed by atoms with Gasteiger partial charge in [-0.2, -0.15) is 0 Å². The summed E-state index contributed by atoms with van der Waals surface area (Å²) < 4.78 is 0. The molecule has 1 fully saturated rings. The topological polar surface area (TPSA) is 24.9 Å². The standard InChI is InChI=1S/C15H26N2S/c1-3-7-16-14-6-5-12(4-2)10-13(14)11-15-17-8-9-18-15/h8-9,12-14,16H,3-7,10-11H2,1-2H3. The van der Waals surface area contributed by atoms with Crippen LogP contribution in [0.25, 0.3) is 0 Å². The molecule has 1 saturated carbocycles. The molecule has 1 aromatic heterocycles. The van der Waals surface area contributed by atoms with Crippen molar-refractivity contribution >= 4 is 11.3 Å². The largest absolute Gasteiger partial charge is 0.314 e. The van der Waals surface area contributed by atoms with Crippen molar-refractivity contribution in [3.05, 3.63) is 16.6 Å². The number of hydrogen-bond acceptors (Lipinski definition) is 3. The second-order valence-electron chi connectivity index (χ2n) is 5.54. The fourth-order valence-electron chi connectivity index (χ4n) is 3.13. The Hall–Kier alpha value is -0.410. The van der Waals surface area contributed by atoms with Crippen LogP contribution in [-0.4, -0.2) is 17.6 Å². The van der Waals surface area contributed by atoms with E-state index in [1.165, 1.54) is 43.5 Å². The SMILES string of the molecule is CCCNC1CCC(CC)CC1Cc1nccs1. The van der Waals surface area contributed by atoms with Gasteiger partial charge in [0, 0.05) is 24.0 Å². The van der Waals surface area contributed by atoms with Gasteiger partial charge >= 0.3 is 0 Å². The van der Waals surface area contributed by atoms with Gasteiger partial charge in [-0.05, 0) is 44.1 Å². The molecule has 0 spiro atoms. The molecule has 102 valence electrons. The first kappa shape index (κ1) is 14.0. The molecule has 0 aromatic carbocycles. The summed E-state index contributed by atoms with van der Waals surface area (Å²) in [6, 6.07) is 0.719. The van der Waals surface area contributed by atoms with E-state index >= 15 is 0 Å². The maximum Gasteiger partial charge on any atom is 0.0928 e. The molecular formula is C15H26N2S. The number of nitrogens with one attached hydrogen (secondary N) is 1. The van der Waals surface area contributed by atoms with Gasteiger partial charge in [-0.1, -0.05) is 20.3 Å². The van der Waals surface area contributed by atoms with E-state index in [4.69, 9.17) is 0 Å². The molecule has 0 saturated heterocycles. The smallest absolute Gasteiger partial charge is 0.0928 e. The van der Waals surface area contributed by atoms with Crippen molar-refractivity contribution in [2.24, 2.45) is 11.8 Å². The summed E-state index contributed by atoms with van der Waals surface area (Å²) in [6.45, 7) is 5.75. The van der Waals surface area contributed by atoms with Crippen molar-refractivity contribution in [3.8, 4) is 0 Å². The van der Waals surface area contributed by atoms with Gasteiger partial charge in [0.15, 0.2) is 0 Å². The lowest BCUT2D eigenvalue weighted by atomic mass is 9.75. The lowest BCUT2D eigenvalue weighted by molar-refractivity contribution is 0.198. The van der Waals surface area contributed by atoms with Gasteiger partial charge in [0.2, 0.25) is 0 Å². The number of nitrogens with zero attached hydrogens (tertiary/aromatic N) is 1. The van der Waals surface area contributed by atoms with Crippen LogP contribution in [0.1, 0.15) is 51.0 Å². The molecule has 3 atom stereocenters. The van der Waals surface area contributed by atoms with Crippen molar-refractivity contribution < 1.29 is 0 Å². The summed E-state index contributed by atoms with van der Waals surface area (Å²) in [6.07, 6.45) is 9.84. The van der Waals surface area contributed by atoms with Gasteiger partial charge in [-0.15, -0.1) is 11.3 Å². The minimum Gasteiger partial charge on any atom is -0.314 e. The Bertz CT molecular complexity index is 323. The lowest BCUT2D eigenvalue weighted by Crippen LogP contribution is -2.41. The first-order valence-corrected chi connectivity index (χ1v) is 8.33. The van der Waals surface area contributed by atoms with Crippen LogP contribution in [0.2, 0.25) is 0 Å². The highest BCUT2D eigenvalue weighted by Crippen LogP contribution is 2.33. The molecule has 0 bridgehead atoms. The third-order valence-electron chi connectivity index (χ3n) is 4.25. The second-order valence-corrected chi connectivity index (χ2v) is 6.52. The Balaban J connectivity index is 1.94. The van der Waals surface area contributed by atoms with E-state index in [9.17, 15) is 0 Å². The van der Waals surface area contributed by atoms with Crippen LogP contribution in [-0.2, 0) is 6.42 Å². The molecule has 1 aliphatic carbocycles. The molecule has 3 heteroatoms. The predicted molar refractivity (Wildman–Crippen MR) is 79.0 cm³/mol. The van der Waals surface area contributed by atoms with E-state index in [1.54, 1.807) is 0 Å². The molecule has 1 N–H and O–H groups in total. The first-order valence-electron chi connectivity index (χ1n) is 7.45. The molecule has 1 aliphatic rings. The summed E-state index contributed by atoms with van der Waals surface area (Å²) in [5.41, 5.74) is 0. The van der Waals surface area contributed by atoms with Crippen LogP contribution in [0.3, 0.4) is 0 Å². The van der Waals surface area contributed by atoms with E-state index in [2.05, 4.69) is 29.5 Å². The van der Waals surface area contributed by atoms with Crippen molar-refractivity contribution in [2.75, 3.05) is 6.54 Å². The highest BCUT2D eigenvalue weighted by atomic mass is 32.1. The molecule has 0 radical (unpaired) electrons. The third-order valence-corrected chi connectivity index (χ3v) is 5.05. The highest BCUT2D eigenvalue weighted by molar-refractivity contribution is 7.09. The third kappa shape index (κ3) is 3.79. The summed E-state index contributed by atoms with van der Waals surface area (Å²) in [5.74, 6) is 1.73. The van der Waals surface area contributed by atoms with Crippen molar-refractivity contribution in [3.63, 3.8) is 0 Å². The molecule has 2 nitrogen and oxygen atoms in total. The van der Waals surface area contributed by atoms with Crippen LogP contribution >= 0.6 is 11.3 Å². The Morgan fingerprint density at radius 2 is 2.28 bits per heavy atom. The summed E-state index contributed by atoms with van der Waals surface area (Å²) in [4.78, 5) is 4.47. The van der Waals surface area contributed by atoms with Crippen molar-refractivity contribution in [2.45, 2.75) is 58.4 Å². The maximum atomic E-state index is 4.47. The normalized spacial score (nSPS) is 28.4. The van der Waals surface area contributed by atoms with Gasteiger partial charge in [-0.25, -0.2) is 4.98 Å². The Kier molecular flexibility index (Phi) is 5.64. The van der Waals surface area contributed by atoms with Crippen LogP contribution in [0, 0.1) is 11.8 Å². The van der Waals surface area contributed by atoms with Crippen LogP contribution in [0.15, 0.2) is 11.6 Å². The Morgan fingerprint density at radius 1 is 1.39 bits per heavy atom. The number of hydrogen-bond donors (Lipinski definition) is 1. The molecule has 0 aliphatic heterocycles. The number of aromatic nitrogens is 1. The fourth-order valence-corrected chi connectivity index (χ4v) is 3.84. The fraction of sp³-hybridized carbons (Fsp3) is 0.800. The molecular weight excluding hydrogens is 240 g/mol. The van der Waals surface area contributed by atoms with Crippen LogP contribution in [0.4, 0.5) is 0 Å². The average Bonchev–Trinajstić information content (AvgIpc) is 2.90. The van der Waals surface area contributed by atoms with Gasteiger partial charge in [-0.3, -0.25) is 0 Å². The van der Waals surface area contributed by atoms with E-state index in [0.29, 0.717) is 0 Å². The zero-order chi connectivity index (χ0) is 12.8. The van der Waals surface area contributed by atoms with Crippen molar-refractivity contribution in [1.29, 1.82) is 0 Å². The van der Waals surface area contributed by atoms with Gasteiger partial charge in [0.25, 0.3) is 0 Å². The molecule has 0 amide bonds. The number of rotatable bonds is 6. The zero-order valence-corrected chi connectivity index (χ0v) is 12.5. The van der Waals surface area contributed by atoms with E-state index in [-0.39, 0.29) is 0 Å². The molecule has 1 heterocycles. The Morgan fingerprint density at radius 3 is 2.94 bits per heavy atom. The lowest BCUT2D eigenvalue weighted by Gasteiger charge is -2.36. The van der Waals surface area contributed by atoms with Crippen LogP contribution in [0.5, 0.6) is 0 Å². The Labute approximate surface area is 115 Å². The molecule has 2 rings (SSSR count).